The van der Waals surface area contributed by atoms with Crippen LogP contribution in [0.4, 0.5) is 0 Å². The molecule has 2 aliphatic rings. The molecule has 0 aliphatic carbocycles. The summed E-state index contributed by atoms with van der Waals surface area (Å²) in [6.45, 7) is 12.3. The first-order valence-electron chi connectivity index (χ1n) is 12.4. The number of ketones is 1. The Hall–Kier alpha value is -1.96. The molecule has 0 spiro atoms. The number of carbonyl (C=O) groups is 2. The summed E-state index contributed by atoms with van der Waals surface area (Å²) >= 11 is 0. The largest absolute Gasteiger partial charge is 0.508 e. The van der Waals surface area contributed by atoms with E-state index in [1.807, 2.05) is 32.9 Å². The molecule has 7 heteroatoms. The summed E-state index contributed by atoms with van der Waals surface area (Å²) < 4.78 is 6.19. The van der Waals surface area contributed by atoms with Crippen molar-refractivity contribution in [3.63, 3.8) is 0 Å². The summed E-state index contributed by atoms with van der Waals surface area (Å²) in [6, 6.07) is 7.46. The molecule has 2 atom stereocenters. The topological polar surface area (TPSA) is 82.1 Å². The van der Waals surface area contributed by atoms with Gasteiger partial charge in [0.15, 0.2) is 0 Å². The van der Waals surface area contributed by atoms with Crippen LogP contribution >= 0.6 is 0 Å². The minimum absolute atomic E-state index is 0.00788. The van der Waals surface area contributed by atoms with Gasteiger partial charge in [-0.3, -0.25) is 19.4 Å². The number of piperazine rings is 1. The lowest BCUT2D eigenvalue weighted by Gasteiger charge is -2.35. The number of carbonyl (C=O) groups excluding carboxylic acids is 2. The van der Waals surface area contributed by atoms with Crippen molar-refractivity contribution in [1.82, 2.24) is 15.1 Å². The molecule has 0 aromatic heterocycles. The molecule has 2 N–H and O–H groups in total. The quantitative estimate of drug-likeness (QED) is 0.560. The van der Waals surface area contributed by atoms with Gasteiger partial charge in [-0.05, 0) is 37.0 Å². The Morgan fingerprint density at radius 3 is 2.30 bits per heavy atom. The molecule has 7 nitrogen and oxygen atoms in total. The second-order valence-electron chi connectivity index (χ2n) is 10.5. The van der Waals surface area contributed by atoms with Crippen molar-refractivity contribution in [1.29, 1.82) is 0 Å². The van der Waals surface area contributed by atoms with E-state index in [1.165, 1.54) is 5.56 Å². The van der Waals surface area contributed by atoms with Crippen molar-refractivity contribution in [2.45, 2.75) is 71.6 Å². The molecule has 0 radical (unpaired) electrons. The maximum absolute atomic E-state index is 12.1. The van der Waals surface area contributed by atoms with Crippen LogP contribution in [0.5, 0.6) is 5.75 Å². The Balaban J connectivity index is 1.26. The summed E-state index contributed by atoms with van der Waals surface area (Å²) in [5.41, 5.74) is 0.897. The number of ether oxygens (including phenoxy) is 1. The Morgan fingerprint density at radius 2 is 1.64 bits per heavy atom. The Labute approximate surface area is 198 Å². The number of aromatic hydroxyl groups is 1. The predicted octanol–water partition coefficient (Wildman–Crippen LogP) is 2.96. The van der Waals surface area contributed by atoms with Gasteiger partial charge in [-0.25, -0.2) is 0 Å². The lowest BCUT2D eigenvalue weighted by molar-refractivity contribution is -0.126. The van der Waals surface area contributed by atoms with E-state index >= 15 is 0 Å². The zero-order valence-electron chi connectivity index (χ0n) is 20.5. The smallest absolute Gasteiger partial charge is 0.220 e. The van der Waals surface area contributed by atoms with Gasteiger partial charge in [-0.1, -0.05) is 32.9 Å². The highest BCUT2D eigenvalue weighted by molar-refractivity contribution is 5.84. The van der Waals surface area contributed by atoms with Gasteiger partial charge in [-0.15, -0.1) is 0 Å². The number of nitrogens with zero attached hydrogens (tertiary/aromatic N) is 2. The van der Waals surface area contributed by atoms with Gasteiger partial charge in [0.1, 0.15) is 11.5 Å². The zero-order chi connectivity index (χ0) is 23.8. The van der Waals surface area contributed by atoms with E-state index in [0.717, 1.165) is 52.1 Å². The highest BCUT2D eigenvalue weighted by Gasteiger charge is 2.28. The number of nitrogens with one attached hydrogen (secondary N) is 1. The molecule has 2 fully saturated rings. The third-order valence-electron chi connectivity index (χ3n) is 6.64. The number of phenolic OH excluding ortho intramolecular Hbond substituents is 1. The predicted molar refractivity (Wildman–Crippen MR) is 129 cm³/mol. The fourth-order valence-corrected chi connectivity index (χ4v) is 4.44. The number of phenols is 1. The van der Waals surface area contributed by atoms with E-state index in [4.69, 9.17) is 4.74 Å². The summed E-state index contributed by atoms with van der Waals surface area (Å²) in [6.07, 6.45) is 3.80. The molecule has 33 heavy (non-hydrogen) atoms. The highest BCUT2D eigenvalue weighted by atomic mass is 16.5. The summed E-state index contributed by atoms with van der Waals surface area (Å²) in [4.78, 5) is 29.0. The average Bonchev–Trinajstić information content (AvgIpc) is 3.22. The van der Waals surface area contributed by atoms with Gasteiger partial charge in [0.05, 0.1) is 12.2 Å². The SMILES string of the molecule is CC(C)(C)C(=O)CCCC(=O)NCC1CCC(CN2CCN(Cc3ccc(O)cc3)CC2)O1. The second kappa shape index (κ2) is 12.0. The molecule has 2 heterocycles. The van der Waals surface area contributed by atoms with E-state index < -0.39 is 0 Å². The summed E-state index contributed by atoms with van der Waals surface area (Å²) in [5.74, 6) is 0.526. The van der Waals surface area contributed by atoms with Crippen molar-refractivity contribution >= 4 is 11.7 Å². The Bertz CT molecular complexity index is 767. The van der Waals surface area contributed by atoms with Crippen molar-refractivity contribution in [2.75, 3.05) is 39.3 Å². The van der Waals surface area contributed by atoms with Crippen LogP contribution in [0.25, 0.3) is 0 Å². The van der Waals surface area contributed by atoms with Crippen molar-refractivity contribution in [2.24, 2.45) is 5.41 Å². The fraction of sp³-hybridized carbons (Fsp3) is 0.692. The van der Waals surface area contributed by atoms with E-state index in [2.05, 4.69) is 15.1 Å². The summed E-state index contributed by atoms with van der Waals surface area (Å²) in [5, 5.41) is 12.4. The molecule has 184 valence electrons. The fourth-order valence-electron chi connectivity index (χ4n) is 4.44. The first kappa shape index (κ1) is 25.7. The molecule has 1 aromatic rings. The van der Waals surface area contributed by atoms with Crippen LogP contribution in [0.15, 0.2) is 24.3 Å². The number of hydrogen-bond acceptors (Lipinski definition) is 6. The van der Waals surface area contributed by atoms with Crippen LogP contribution < -0.4 is 5.32 Å². The van der Waals surface area contributed by atoms with Gasteiger partial charge in [0, 0.05) is 64.1 Å². The molecule has 2 saturated heterocycles. The molecule has 0 saturated carbocycles. The monoisotopic (exact) mass is 459 g/mol. The molecule has 3 rings (SSSR count). The van der Waals surface area contributed by atoms with Crippen LogP contribution in [-0.2, 0) is 20.9 Å². The Kier molecular flexibility index (Phi) is 9.29. The third-order valence-corrected chi connectivity index (χ3v) is 6.64. The van der Waals surface area contributed by atoms with Crippen LogP contribution in [0.3, 0.4) is 0 Å². The molecular weight excluding hydrogens is 418 g/mol. The minimum atomic E-state index is -0.331. The van der Waals surface area contributed by atoms with Gasteiger partial charge < -0.3 is 15.2 Å². The van der Waals surface area contributed by atoms with Crippen LogP contribution in [0, 0.1) is 5.41 Å². The molecule has 1 aromatic carbocycles. The van der Waals surface area contributed by atoms with Crippen molar-refractivity contribution < 1.29 is 19.4 Å². The van der Waals surface area contributed by atoms with E-state index in [1.54, 1.807) is 12.1 Å². The zero-order valence-corrected chi connectivity index (χ0v) is 20.5. The minimum Gasteiger partial charge on any atom is -0.508 e. The average molecular weight is 460 g/mol. The molecule has 2 unspecified atom stereocenters. The molecule has 2 aliphatic heterocycles. The molecular formula is C26H41N3O4. The first-order chi connectivity index (χ1) is 15.7. The lowest BCUT2D eigenvalue weighted by Crippen LogP contribution is -2.48. The van der Waals surface area contributed by atoms with E-state index in [-0.39, 0.29) is 29.3 Å². The van der Waals surface area contributed by atoms with Crippen LogP contribution in [0.2, 0.25) is 0 Å². The first-order valence-corrected chi connectivity index (χ1v) is 12.4. The van der Waals surface area contributed by atoms with Gasteiger partial charge >= 0.3 is 0 Å². The van der Waals surface area contributed by atoms with Crippen molar-refractivity contribution in [3.05, 3.63) is 29.8 Å². The normalized spacial score (nSPS) is 22.4. The van der Waals surface area contributed by atoms with Crippen LogP contribution in [0.1, 0.15) is 58.4 Å². The Morgan fingerprint density at radius 1 is 1.00 bits per heavy atom. The van der Waals surface area contributed by atoms with Gasteiger partial charge in [0.2, 0.25) is 5.91 Å². The third kappa shape index (κ3) is 8.72. The molecule has 0 bridgehead atoms. The number of hydrogen-bond donors (Lipinski definition) is 2. The number of amides is 1. The lowest BCUT2D eigenvalue weighted by atomic mass is 9.88. The number of Topliss-reactive ketones (excluding diaryl/α,β-unsaturated/α-hetero) is 1. The van der Waals surface area contributed by atoms with E-state index in [9.17, 15) is 14.7 Å². The van der Waals surface area contributed by atoms with Crippen molar-refractivity contribution in [3.8, 4) is 5.75 Å². The molecule has 1 amide bonds. The maximum Gasteiger partial charge on any atom is 0.220 e. The van der Waals surface area contributed by atoms with Gasteiger partial charge in [-0.2, -0.15) is 0 Å². The van der Waals surface area contributed by atoms with Gasteiger partial charge in [0.25, 0.3) is 0 Å². The number of rotatable bonds is 10. The summed E-state index contributed by atoms with van der Waals surface area (Å²) in [7, 11) is 0. The maximum atomic E-state index is 12.1. The highest BCUT2D eigenvalue weighted by Crippen LogP contribution is 2.22. The number of benzene rings is 1. The van der Waals surface area contributed by atoms with Crippen LogP contribution in [-0.4, -0.2) is 78.1 Å². The second-order valence-corrected chi connectivity index (χ2v) is 10.5. The standard InChI is InChI=1S/C26H41N3O4/c1-26(2,3)24(31)5-4-6-25(32)27-17-22-11-12-23(33-22)19-29-15-13-28(14-16-29)18-20-7-9-21(30)10-8-20/h7-10,22-23,30H,4-6,11-19H2,1-3H3,(H,27,32). The van der Waals surface area contributed by atoms with E-state index in [0.29, 0.717) is 31.6 Å².